The molecule has 1 saturated heterocycles. The molecule has 1 atom stereocenters. The van der Waals surface area contributed by atoms with Crippen molar-refractivity contribution >= 4 is 5.91 Å². The predicted molar refractivity (Wildman–Crippen MR) is 57.7 cm³/mol. The van der Waals surface area contributed by atoms with Crippen LogP contribution in [0.4, 0.5) is 0 Å². The zero-order valence-corrected chi connectivity index (χ0v) is 9.70. The summed E-state index contributed by atoms with van der Waals surface area (Å²) in [5.41, 5.74) is 0. The standard InChI is InChI=1S/C11H21NO3/c1-10-5-3-4-6-12(10)11(13)9-15-8-7-14-2/h10H,3-9H2,1-2H3. The van der Waals surface area contributed by atoms with Crippen LogP contribution in [0.15, 0.2) is 0 Å². The van der Waals surface area contributed by atoms with Gasteiger partial charge in [-0.25, -0.2) is 0 Å². The lowest BCUT2D eigenvalue weighted by atomic mass is 10.0. The van der Waals surface area contributed by atoms with Gasteiger partial charge in [-0.3, -0.25) is 4.79 Å². The molecule has 1 amide bonds. The van der Waals surface area contributed by atoms with Gasteiger partial charge in [-0.2, -0.15) is 0 Å². The number of amides is 1. The first kappa shape index (κ1) is 12.5. The molecule has 4 heteroatoms. The van der Waals surface area contributed by atoms with Crippen molar-refractivity contribution in [2.24, 2.45) is 0 Å². The number of methoxy groups -OCH3 is 1. The molecule has 0 spiro atoms. The summed E-state index contributed by atoms with van der Waals surface area (Å²) in [5, 5.41) is 0. The van der Waals surface area contributed by atoms with Gasteiger partial charge in [-0.05, 0) is 26.2 Å². The van der Waals surface area contributed by atoms with Crippen LogP contribution in [0, 0.1) is 0 Å². The Bertz CT molecular complexity index is 196. The second-order valence-electron chi connectivity index (χ2n) is 3.98. The maximum absolute atomic E-state index is 11.7. The Morgan fingerprint density at radius 3 is 2.87 bits per heavy atom. The number of piperidine rings is 1. The van der Waals surface area contributed by atoms with Crippen LogP contribution >= 0.6 is 0 Å². The molecular weight excluding hydrogens is 194 g/mol. The summed E-state index contributed by atoms with van der Waals surface area (Å²) in [7, 11) is 1.62. The third-order valence-corrected chi connectivity index (χ3v) is 2.78. The molecule has 1 aliphatic rings. The van der Waals surface area contributed by atoms with Crippen LogP contribution in [0.2, 0.25) is 0 Å². The van der Waals surface area contributed by atoms with E-state index in [1.165, 1.54) is 6.42 Å². The highest BCUT2D eigenvalue weighted by atomic mass is 16.5. The van der Waals surface area contributed by atoms with Crippen LogP contribution in [0.25, 0.3) is 0 Å². The first-order chi connectivity index (χ1) is 7.25. The van der Waals surface area contributed by atoms with E-state index in [9.17, 15) is 4.79 Å². The van der Waals surface area contributed by atoms with Crippen LogP contribution in [0.5, 0.6) is 0 Å². The minimum atomic E-state index is 0.110. The van der Waals surface area contributed by atoms with Crippen molar-refractivity contribution in [3.05, 3.63) is 0 Å². The van der Waals surface area contributed by atoms with Gasteiger partial charge in [0.1, 0.15) is 6.61 Å². The van der Waals surface area contributed by atoms with E-state index in [1.807, 2.05) is 4.90 Å². The largest absolute Gasteiger partial charge is 0.382 e. The van der Waals surface area contributed by atoms with Gasteiger partial charge in [-0.1, -0.05) is 0 Å². The fourth-order valence-corrected chi connectivity index (χ4v) is 1.85. The second-order valence-corrected chi connectivity index (χ2v) is 3.98. The van der Waals surface area contributed by atoms with Crippen LogP contribution in [-0.4, -0.2) is 50.3 Å². The Labute approximate surface area is 91.5 Å². The average Bonchev–Trinajstić information content (AvgIpc) is 2.25. The molecule has 1 aliphatic heterocycles. The van der Waals surface area contributed by atoms with Gasteiger partial charge >= 0.3 is 0 Å². The summed E-state index contributed by atoms with van der Waals surface area (Å²) in [6.07, 6.45) is 3.47. The maximum atomic E-state index is 11.7. The van der Waals surface area contributed by atoms with Gasteiger partial charge in [0.05, 0.1) is 13.2 Å². The molecule has 0 aliphatic carbocycles. The van der Waals surface area contributed by atoms with Crippen molar-refractivity contribution in [2.75, 3.05) is 33.5 Å². The second kappa shape index (κ2) is 6.80. The third kappa shape index (κ3) is 4.18. The first-order valence-corrected chi connectivity index (χ1v) is 5.62. The first-order valence-electron chi connectivity index (χ1n) is 5.62. The highest BCUT2D eigenvalue weighted by Crippen LogP contribution is 2.16. The van der Waals surface area contributed by atoms with E-state index < -0.39 is 0 Å². The van der Waals surface area contributed by atoms with E-state index in [4.69, 9.17) is 9.47 Å². The number of hydrogen-bond donors (Lipinski definition) is 0. The van der Waals surface area contributed by atoms with Gasteiger partial charge in [-0.15, -0.1) is 0 Å². The van der Waals surface area contributed by atoms with Gasteiger partial charge in [0.25, 0.3) is 0 Å². The minimum Gasteiger partial charge on any atom is -0.382 e. The minimum absolute atomic E-state index is 0.110. The average molecular weight is 215 g/mol. The lowest BCUT2D eigenvalue weighted by molar-refractivity contribution is -0.139. The van der Waals surface area contributed by atoms with Crippen LogP contribution < -0.4 is 0 Å². The predicted octanol–water partition coefficient (Wildman–Crippen LogP) is 1.05. The Morgan fingerprint density at radius 2 is 2.20 bits per heavy atom. The molecule has 1 rings (SSSR count). The van der Waals surface area contributed by atoms with E-state index in [1.54, 1.807) is 7.11 Å². The fourth-order valence-electron chi connectivity index (χ4n) is 1.85. The summed E-state index contributed by atoms with van der Waals surface area (Å²) in [6.45, 7) is 4.21. The fraction of sp³-hybridized carbons (Fsp3) is 0.909. The third-order valence-electron chi connectivity index (χ3n) is 2.78. The van der Waals surface area contributed by atoms with Gasteiger partial charge < -0.3 is 14.4 Å². The molecule has 0 aromatic carbocycles. The molecular formula is C11H21NO3. The van der Waals surface area contributed by atoms with Crippen molar-refractivity contribution in [1.29, 1.82) is 0 Å². The quantitative estimate of drug-likeness (QED) is 0.643. The molecule has 4 nitrogen and oxygen atoms in total. The molecule has 0 bridgehead atoms. The summed E-state index contributed by atoms with van der Waals surface area (Å²) < 4.78 is 10.1. The molecule has 0 aromatic rings. The van der Waals surface area contributed by atoms with E-state index in [2.05, 4.69) is 6.92 Å². The molecule has 88 valence electrons. The number of carbonyl (C=O) groups is 1. The van der Waals surface area contributed by atoms with Crippen molar-refractivity contribution in [1.82, 2.24) is 4.90 Å². The number of likely N-dealkylation sites (tertiary alicyclic amines) is 1. The van der Waals surface area contributed by atoms with E-state index >= 15 is 0 Å². The van der Waals surface area contributed by atoms with Gasteiger partial charge in [0, 0.05) is 19.7 Å². The lowest BCUT2D eigenvalue weighted by Crippen LogP contribution is -2.43. The zero-order chi connectivity index (χ0) is 11.1. The Kier molecular flexibility index (Phi) is 5.65. The molecule has 0 aromatic heterocycles. The van der Waals surface area contributed by atoms with Crippen molar-refractivity contribution in [3.8, 4) is 0 Å². The Hall–Kier alpha value is -0.610. The molecule has 0 N–H and O–H groups in total. The highest BCUT2D eigenvalue weighted by Gasteiger charge is 2.22. The molecule has 1 heterocycles. The summed E-state index contributed by atoms with van der Waals surface area (Å²) in [6, 6.07) is 0.372. The van der Waals surface area contributed by atoms with Gasteiger partial charge in [0.2, 0.25) is 5.91 Å². The van der Waals surface area contributed by atoms with Crippen LogP contribution in [0.1, 0.15) is 26.2 Å². The lowest BCUT2D eigenvalue weighted by Gasteiger charge is -2.33. The molecule has 0 saturated carbocycles. The number of nitrogens with zero attached hydrogens (tertiary/aromatic N) is 1. The van der Waals surface area contributed by atoms with Crippen LogP contribution in [-0.2, 0) is 14.3 Å². The number of ether oxygens (including phenoxy) is 2. The number of carbonyl (C=O) groups excluding carboxylic acids is 1. The number of rotatable bonds is 5. The Morgan fingerprint density at radius 1 is 1.40 bits per heavy atom. The van der Waals surface area contributed by atoms with Crippen molar-refractivity contribution < 1.29 is 14.3 Å². The van der Waals surface area contributed by atoms with Crippen LogP contribution in [0.3, 0.4) is 0 Å². The van der Waals surface area contributed by atoms with Gasteiger partial charge in [0.15, 0.2) is 0 Å². The molecule has 1 unspecified atom stereocenters. The summed E-state index contributed by atoms with van der Waals surface area (Å²) >= 11 is 0. The molecule has 0 radical (unpaired) electrons. The summed E-state index contributed by atoms with van der Waals surface area (Å²) in [5.74, 6) is 0.110. The monoisotopic (exact) mass is 215 g/mol. The highest BCUT2D eigenvalue weighted by molar-refractivity contribution is 5.77. The van der Waals surface area contributed by atoms with E-state index in [-0.39, 0.29) is 12.5 Å². The Balaban J connectivity index is 2.20. The van der Waals surface area contributed by atoms with Crippen molar-refractivity contribution in [3.63, 3.8) is 0 Å². The van der Waals surface area contributed by atoms with E-state index in [0.717, 1.165) is 19.4 Å². The SMILES string of the molecule is COCCOCC(=O)N1CCCCC1C. The number of hydrogen-bond acceptors (Lipinski definition) is 3. The smallest absolute Gasteiger partial charge is 0.248 e. The van der Waals surface area contributed by atoms with E-state index in [0.29, 0.717) is 19.3 Å². The zero-order valence-electron chi connectivity index (χ0n) is 9.70. The molecule has 15 heavy (non-hydrogen) atoms. The normalized spacial score (nSPS) is 21.7. The molecule has 1 fully saturated rings. The summed E-state index contributed by atoms with van der Waals surface area (Å²) in [4.78, 5) is 13.7. The van der Waals surface area contributed by atoms with Crippen molar-refractivity contribution in [2.45, 2.75) is 32.2 Å². The topological polar surface area (TPSA) is 38.8 Å². The maximum Gasteiger partial charge on any atom is 0.248 e.